The highest BCUT2D eigenvalue weighted by Gasteiger charge is 2.45. The minimum atomic E-state index is -1.48. The Labute approximate surface area is 198 Å². The van der Waals surface area contributed by atoms with Gasteiger partial charge in [0, 0.05) is 6.54 Å². The van der Waals surface area contributed by atoms with E-state index in [9.17, 15) is 20.4 Å². The Morgan fingerprint density at radius 1 is 0.818 bits per heavy atom. The molecule has 1 aromatic rings. The highest BCUT2D eigenvalue weighted by atomic mass is 16.7. The standard InChI is InChI=1S/C24H45N3O6/c1-2-3-4-5-6-7-8-9-10-11-12-13-14-15-16-27-17-20(25-26-27)33-24-23(31)22(30)21(29)19(18-28)32-24/h17,19,21-24,28-31H,2-16,18H2,1H3/t19-,21-,22+,23-,24+/m1/s1. The van der Waals surface area contributed by atoms with Crippen LogP contribution in [0.15, 0.2) is 6.20 Å². The lowest BCUT2D eigenvalue weighted by Gasteiger charge is -2.39. The van der Waals surface area contributed by atoms with Crippen molar-refractivity contribution in [3.8, 4) is 5.88 Å². The molecule has 0 spiro atoms. The van der Waals surface area contributed by atoms with Crippen LogP contribution in [-0.4, -0.2) is 72.7 Å². The Kier molecular flexibility index (Phi) is 13.9. The number of aliphatic hydroxyl groups excluding tert-OH is 4. The molecule has 1 fully saturated rings. The molecular formula is C24H45N3O6. The Morgan fingerprint density at radius 3 is 1.91 bits per heavy atom. The monoisotopic (exact) mass is 471 g/mol. The van der Waals surface area contributed by atoms with Gasteiger partial charge in [-0.1, -0.05) is 101 Å². The zero-order valence-corrected chi connectivity index (χ0v) is 20.2. The molecule has 0 unspecified atom stereocenters. The van der Waals surface area contributed by atoms with E-state index in [1.165, 1.54) is 77.0 Å². The van der Waals surface area contributed by atoms with Crippen LogP contribution in [0.4, 0.5) is 0 Å². The summed E-state index contributed by atoms with van der Waals surface area (Å²) in [6, 6.07) is 0. The third-order valence-electron chi connectivity index (χ3n) is 6.34. The average molecular weight is 472 g/mol. The summed E-state index contributed by atoms with van der Waals surface area (Å²) in [5, 5.41) is 46.9. The maximum Gasteiger partial charge on any atom is 0.255 e. The van der Waals surface area contributed by atoms with Crippen molar-refractivity contribution in [1.29, 1.82) is 0 Å². The van der Waals surface area contributed by atoms with E-state index < -0.39 is 37.3 Å². The number of ether oxygens (including phenoxy) is 2. The topological polar surface area (TPSA) is 130 Å². The molecule has 2 heterocycles. The van der Waals surface area contributed by atoms with Crippen LogP contribution in [0.2, 0.25) is 0 Å². The molecule has 0 radical (unpaired) electrons. The fourth-order valence-corrected chi connectivity index (χ4v) is 4.20. The molecule has 192 valence electrons. The molecule has 33 heavy (non-hydrogen) atoms. The van der Waals surface area contributed by atoms with Crippen LogP contribution >= 0.6 is 0 Å². The summed E-state index contributed by atoms with van der Waals surface area (Å²) in [5.74, 6) is 0.157. The Balaban J connectivity index is 1.50. The quantitative estimate of drug-likeness (QED) is 0.240. The lowest BCUT2D eigenvalue weighted by molar-refractivity contribution is -0.278. The molecule has 5 atom stereocenters. The number of hydrogen-bond donors (Lipinski definition) is 4. The van der Waals surface area contributed by atoms with Gasteiger partial charge in [-0.25, -0.2) is 4.68 Å². The number of nitrogens with zero attached hydrogens (tertiary/aromatic N) is 3. The fourth-order valence-electron chi connectivity index (χ4n) is 4.20. The zero-order chi connectivity index (χ0) is 23.9. The molecule has 1 aromatic heterocycles. The molecule has 2 rings (SSSR count). The van der Waals surface area contributed by atoms with Crippen LogP contribution in [0.3, 0.4) is 0 Å². The SMILES string of the molecule is CCCCCCCCCCCCCCCCn1cc(O[C@@H]2O[C@H](CO)[C@@H](O)[C@H](O)[C@H]2O)nn1. The van der Waals surface area contributed by atoms with Crippen LogP contribution in [-0.2, 0) is 11.3 Å². The van der Waals surface area contributed by atoms with Crippen molar-refractivity contribution in [3.63, 3.8) is 0 Å². The molecule has 9 nitrogen and oxygen atoms in total. The third kappa shape index (κ3) is 10.3. The molecule has 0 amide bonds. The van der Waals surface area contributed by atoms with Gasteiger partial charge in [-0.3, -0.25) is 0 Å². The summed E-state index contributed by atoms with van der Waals surface area (Å²) in [6.45, 7) is 2.48. The van der Waals surface area contributed by atoms with Gasteiger partial charge in [0.1, 0.15) is 24.4 Å². The lowest BCUT2D eigenvalue weighted by atomic mass is 9.99. The molecule has 0 saturated carbocycles. The molecule has 1 aliphatic heterocycles. The first kappa shape index (κ1) is 28.0. The van der Waals surface area contributed by atoms with Crippen molar-refractivity contribution in [2.24, 2.45) is 0 Å². The van der Waals surface area contributed by atoms with Crippen LogP contribution in [0.1, 0.15) is 96.8 Å². The second-order valence-corrected chi connectivity index (χ2v) is 9.23. The number of hydrogen-bond acceptors (Lipinski definition) is 8. The van der Waals surface area contributed by atoms with E-state index in [4.69, 9.17) is 9.47 Å². The van der Waals surface area contributed by atoms with E-state index in [0.29, 0.717) is 0 Å². The zero-order valence-electron chi connectivity index (χ0n) is 20.2. The predicted octanol–water partition coefficient (Wildman–Crippen LogP) is 2.94. The summed E-state index contributed by atoms with van der Waals surface area (Å²) in [5.41, 5.74) is 0. The first-order chi connectivity index (χ1) is 16.1. The van der Waals surface area contributed by atoms with Gasteiger partial charge in [0.2, 0.25) is 6.29 Å². The number of unbranched alkanes of at least 4 members (excludes halogenated alkanes) is 13. The molecule has 4 N–H and O–H groups in total. The second-order valence-electron chi connectivity index (χ2n) is 9.23. The highest BCUT2D eigenvalue weighted by molar-refractivity contribution is 5.01. The first-order valence-electron chi connectivity index (χ1n) is 12.9. The molecule has 0 aliphatic carbocycles. The summed E-state index contributed by atoms with van der Waals surface area (Å²) in [6.07, 6.45) is 13.3. The summed E-state index contributed by atoms with van der Waals surface area (Å²) >= 11 is 0. The van der Waals surface area contributed by atoms with E-state index in [0.717, 1.165) is 19.4 Å². The summed E-state index contributed by atoms with van der Waals surface area (Å²) in [4.78, 5) is 0. The van der Waals surface area contributed by atoms with Crippen LogP contribution < -0.4 is 4.74 Å². The Bertz CT molecular complexity index is 615. The van der Waals surface area contributed by atoms with Crippen LogP contribution in [0.5, 0.6) is 5.88 Å². The summed E-state index contributed by atoms with van der Waals surface area (Å²) < 4.78 is 12.5. The van der Waals surface area contributed by atoms with E-state index in [-0.39, 0.29) is 5.88 Å². The van der Waals surface area contributed by atoms with Gasteiger partial charge in [0.25, 0.3) is 5.88 Å². The molecule has 9 heteroatoms. The van der Waals surface area contributed by atoms with Crippen molar-refractivity contribution < 1.29 is 29.9 Å². The first-order valence-corrected chi connectivity index (χ1v) is 12.9. The number of rotatable bonds is 18. The third-order valence-corrected chi connectivity index (χ3v) is 6.34. The summed E-state index contributed by atoms with van der Waals surface area (Å²) in [7, 11) is 0. The Morgan fingerprint density at radius 2 is 1.36 bits per heavy atom. The van der Waals surface area contributed by atoms with Crippen molar-refractivity contribution in [2.75, 3.05) is 6.61 Å². The smallest absolute Gasteiger partial charge is 0.255 e. The van der Waals surface area contributed by atoms with Gasteiger partial charge in [-0.05, 0) is 6.42 Å². The molecule has 1 saturated heterocycles. The van der Waals surface area contributed by atoms with E-state index in [2.05, 4.69) is 17.2 Å². The van der Waals surface area contributed by atoms with Crippen LogP contribution in [0, 0.1) is 0 Å². The van der Waals surface area contributed by atoms with Gasteiger partial charge in [-0.15, -0.1) is 0 Å². The fraction of sp³-hybridized carbons (Fsp3) is 0.917. The van der Waals surface area contributed by atoms with E-state index in [1.807, 2.05) is 0 Å². The largest absolute Gasteiger partial charge is 0.443 e. The maximum atomic E-state index is 10.0. The van der Waals surface area contributed by atoms with Gasteiger partial charge >= 0.3 is 0 Å². The number of aromatic nitrogens is 3. The molecule has 1 aliphatic rings. The normalized spacial score (nSPS) is 25.4. The average Bonchev–Trinajstić information content (AvgIpc) is 3.26. The Hall–Kier alpha value is -1.26. The van der Waals surface area contributed by atoms with Crippen molar-refractivity contribution in [2.45, 2.75) is 134 Å². The van der Waals surface area contributed by atoms with Gasteiger partial charge in [-0.2, -0.15) is 0 Å². The maximum absolute atomic E-state index is 10.0. The van der Waals surface area contributed by atoms with Gasteiger partial charge in [0.05, 0.1) is 12.8 Å². The minimum Gasteiger partial charge on any atom is -0.443 e. The predicted molar refractivity (Wildman–Crippen MR) is 125 cm³/mol. The van der Waals surface area contributed by atoms with Gasteiger partial charge in [0.15, 0.2) is 0 Å². The van der Waals surface area contributed by atoms with E-state index >= 15 is 0 Å². The number of aryl methyl sites for hydroxylation is 1. The van der Waals surface area contributed by atoms with Crippen molar-refractivity contribution in [3.05, 3.63) is 6.20 Å². The van der Waals surface area contributed by atoms with Crippen LogP contribution in [0.25, 0.3) is 0 Å². The minimum absolute atomic E-state index is 0.157. The second kappa shape index (κ2) is 16.4. The number of aliphatic hydroxyl groups is 4. The van der Waals surface area contributed by atoms with Crippen molar-refractivity contribution >= 4 is 0 Å². The van der Waals surface area contributed by atoms with Crippen molar-refractivity contribution in [1.82, 2.24) is 15.0 Å². The van der Waals surface area contributed by atoms with Gasteiger partial charge < -0.3 is 29.9 Å². The molecule has 0 aromatic carbocycles. The molecule has 0 bridgehead atoms. The highest BCUT2D eigenvalue weighted by Crippen LogP contribution is 2.23. The lowest BCUT2D eigenvalue weighted by Crippen LogP contribution is -2.60. The van der Waals surface area contributed by atoms with E-state index in [1.54, 1.807) is 10.9 Å². The molecular weight excluding hydrogens is 426 g/mol.